The van der Waals surface area contributed by atoms with Crippen molar-refractivity contribution in [1.82, 2.24) is 24.1 Å². The van der Waals surface area contributed by atoms with Crippen LogP contribution in [0.15, 0.2) is 47.5 Å². The van der Waals surface area contributed by atoms with Gasteiger partial charge in [0.2, 0.25) is 0 Å². The van der Waals surface area contributed by atoms with Crippen molar-refractivity contribution in [2.45, 2.75) is 32.4 Å². The van der Waals surface area contributed by atoms with E-state index in [2.05, 4.69) is 10.00 Å². The normalized spacial score (nSPS) is 19.0. The highest BCUT2D eigenvalue weighted by atomic mass is 16.5. The molecule has 0 radical (unpaired) electrons. The van der Waals surface area contributed by atoms with Gasteiger partial charge in [-0.05, 0) is 31.9 Å². The number of ether oxygens (including phenoxy) is 2. The summed E-state index contributed by atoms with van der Waals surface area (Å²) in [5, 5.41) is 4.62. The SMILES string of the molecule is CCOCCN1CCN(C(=O)c2cn(C[C@H]3CCCO3)cc3c(=O)n(-c4ccccc4)nc2-3)CC1. The molecule has 0 spiro atoms. The predicted molar refractivity (Wildman–Crippen MR) is 132 cm³/mol. The quantitative estimate of drug-likeness (QED) is 0.461. The van der Waals surface area contributed by atoms with Crippen LogP contribution in [0.3, 0.4) is 0 Å². The Balaban J connectivity index is 1.44. The largest absolute Gasteiger partial charge is 0.380 e. The van der Waals surface area contributed by atoms with Gasteiger partial charge in [-0.15, -0.1) is 0 Å². The lowest BCUT2D eigenvalue weighted by Gasteiger charge is -2.34. The molecule has 2 saturated heterocycles. The first-order valence-electron chi connectivity index (χ1n) is 12.5. The van der Waals surface area contributed by atoms with Crippen LogP contribution >= 0.6 is 0 Å². The van der Waals surface area contributed by atoms with Gasteiger partial charge in [0, 0.05) is 64.9 Å². The van der Waals surface area contributed by atoms with Crippen molar-refractivity contribution >= 4 is 5.91 Å². The molecule has 9 heteroatoms. The Morgan fingerprint density at radius 1 is 1.14 bits per heavy atom. The first-order chi connectivity index (χ1) is 17.1. The Morgan fingerprint density at radius 2 is 1.94 bits per heavy atom. The number of nitrogens with zero attached hydrogens (tertiary/aromatic N) is 5. The van der Waals surface area contributed by atoms with E-state index < -0.39 is 0 Å². The molecule has 4 aliphatic rings. The fourth-order valence-electron chi connectivity index (χ4n) is 4.87. The Hall–Kier alpha value is -3.01. The van der Waals surface area contributed by atoms with Crippen molar-refractivity contribution in [2.75, 3.05) is 52.5 Å². The van der Waals surface area contributed by atoms with E-state index in [1.54, 1.807) is 0 Å². The number of hydrogen-bond acceptors (Lipinski definition) is 6. The maximum Gasteiger partial charge on any atom is 0.282 e. The van der Waals surface area contributed by atoms with Crippen LogP contribution in [-0.4, -0.2) is 88.7 Å². The van der Waals surface area contributed by atoms with E-state index in [0.717, 1.165) is 39.1 Å². The van der Waals surface area contributed by atoms with Gasteiger partial charge in [0.1, 0.15) is 5.69 Å². The van der Waals surface area contributed by atoms with Crippen molar-refractivity contribution in [3.63, 3.8) is 0 Å². The van der Waals surface area contributed by atoms with E-state index in [-0.39, 0.29) is 17.6 Å². The number of hydrogen-bond donors (Lipinski definition) is 0. The number of carbonyl (C=O) groups excluding carboxylic acids is 1. The molecule has 1 amide bonds. The maximum atomic E-state index is 13.7. The van der Waals surface area contributed by atoms with Crippen LogP contribution < -0.4 is 5.56 Å². The highest BCUT2D eigenvalue weighted by Crippen LogP contribution is 2.25. The summed E-state index contributed by atoms with van der Waals surface area (Å²) in [5.74, 6) is -0.0844. The van der Waals surface area contributed by atoms with Crippen LogP contribution in [0, 0.1) is 0 Å². The van der Waals surface area contributed by atoms with E-state index in [9.17, 15) is 9.59 Å². The number of para-hydroxylation sites is 1. The van der Waals surface area contributed by atoms with Gasteiger partial charge in [-0.3, -0.25) is 14.5 Å². The molecule has 5 rings (SSSR count). The molecule has 9 nitrogen and oxygen atoms in total. The van der Waals surface area contributed by atoms with E-state index in [1.807, 2.05) is 59.1 Å². The third-order valence-electron chi connectivity index (χ3n) is 6.81. The minimum absolute atomic E-state index is 0.0844. The van der Waals surface area contributed by atoms with Crippen molar-refractivity contribution < 1.29 is 14.3 Å². The number of fused-ring (bicyclic) bond motifs is 1. The first kappa shape index (κ1) is 23.7. The number of rotatable bonds is 8. The number of pyridine rings is 1. The highest BCUT2D eigenvalue weighted by molar-refractivity contribution is 6.00. The Labute approximate surface area is 205 Å². The summed E-state index contributed by atoms with van der Waals surface area (Å²) >= 11 is 0. The Morgan fingerprint density at radius 3 is 2.66 bits per heavy atom. The van der Waals surface area contributed by atoms with Crippen LogP contribution in [0.2, 0.25) is 0 Å². The van der Waals surface area contributed by atoms with E-state index in [4.69, 9.17) is 9.47 Å². The average Bonchev–Trinajstić information content (AvgIpc) is 3.52. The molecule has 0 aromatic heterocycles. The molecule has 2 fully saturated rings. The summed E-state index contributed by atoms with van der Waals surface area (Å²) in [5.41, 5.74) is 1.83. The molecule has 0 aliphatic carbocycles. The number of piperazine rings is 1. The van der Waals surface area contributed by atoms with Crippen LogP contribution in [0.25, 0.3) is 16.9 Å². The summed E-state index contributed by atoms with van der Waals surface area (Å²) < 4.78 is 14.6. The van der Waals surface area contributed by atoms with Crippen LogP contribution in [-0.2, 0) is 16.0 Å². The van der Waals surface area contributed by atoms with Gasteiger partial charge in [-0.25, -0.2) is 0 Å². The second kappa shape index (κ2) is 10.7. The van der Waals surface area contributed by atoms with Gasteiger partial charge in [0.15, 0.2) is 0 Å². The number of carbonyl (C=O) groups is 1. The molecule has 1 aromatic carbocycles. The molecule has 186 valence electrons. The minimum Gasteiger partial charge on any atom is -0.380 e. The summed E-state index contributed by atoms with van der Waals surface area (Å²) in [4.78, 5) is 31.3. The van der Waals surface area contributed by atoms with Crippen molar-refractivity contribution in [3.05, 3.63) is 58.6 Å². The fraction of sp³-hybridized carbons (Fsp3) is 0.500. The van der Waals surface area contributed by atoms with Gasteiger partial charge in [-0.1, -0.05) is 18.2 Å². The number of benzene rings is 1. The lowest BCUT2D eigenvalue weighted by atomic mass is 10.1. The van der Waals surface area contributed by atoms with Crippen LogP contribution in [0.5, 0.6) is 0 Å². The van der Waals surface area contributed by atoms with Crippen molar-refractivity contribution in [3.8, 4) is 16.9 Å². The smallest absolute Gasteiger partial charge is 0.282 e. The van der Waals surface area contributed by atoms with Crippen LogP contribution in [0.1, 0.15) is 30.1 Å². The molecule has 0 unspecified atom stereocenters. The molecule has 0 N–H and O–H groups in total. The molecular weight excluding hydrogens is 446 g/mol. The summed E-state index contributed by atoms with van der Waals surface area (Å²) in [6.45, 7) is 8.52. The lowest BCUT2D eigenvalue weighted by molar-refractivity contribution is 0.0563. The maximum absolute atomic E-state index is 13.7. The topological polar surface area (TPSA) is 81.8 Å². The molecule has 35 heavy (non-hydrogen) atoms. The lowest BCUT2D eigenvalue weighted by Crippen LogP contribution is -2.49. The average molecular weight is 480 g/mol. The van der Waals surface area contributed by atoms with Gasteiger partial charge in [0.25, 0.3) is 11.5 Å². The predicted octanol–water partition coefficient (Wildman–Crippen LogP) is 2.11. The van der Waals surface area contributed by atoms with Crippen molar-refractivity contribution in [2.24, 2.45) is 0 Å². The van der Waals surface area contributed by atoms with E-state index >= 15 is 0 Å². The zero-order valence-corrected chi connectivity index (χ0v) is 20.3. The summed E-state index contributed by atoms with van der Waals surface area (Å²) in [7, 11) is 0. The first-order valence-corrected chi connectivity index (χ1v) is 12.5. The molecule has 0 saturated carbocycles. The van der Waals surface area contributed by atoms with E-state index in [1.165, 1.54) is 4.68 Å². The Bertz CT molecular complexity index is 1160. The second-order valence-electron chi connectivity index (χ2n) is 9.15. The standard InChI is InChI=1S/C26H33N5O4/c1-2-34-16-14-28-10-12-30(13-11-28)25(32)22-18-29(17-21-9-6-15-35-21)19-23-24(22)27-31(26(23)33)20-7-4-3-5-8-20/h3-5,7-8,18-19,21H,2,6,9-17H2,1H3/t21-/m1/s1. The third kappa shape index (κ3) is 5.17. The molecule has 4 aliphatic heterocycles. The number of amides is 1. The Kier molecular flexibility index (Phi) is 7.26. The van der Waals surface area contributed by atoms with Gasteiger partial charge < -0.3 is 18.9 Å². The second-order valence-corrected chi connectivity index (χ2v) is 9.15. The molecular formula is C26H33N5O4. The monoisotopic (exact) mass is 479 g/mol. The van der Waals surface area contributed by atoms with Gasteiger partial charge in [0.05, 0.1) is 29.5 Å². The molecule has 1 aromatic rings. The summed E-state index contributed by atoms with van der Waals surface area (Å²) in [6.07, 6.45) is 5.76. The summed E-state index contributed by atoms with van der Waals surface area (Å²) in [6, 6.07) is 9.33. The van der Waals surface area contributed by atoms with Gasteiger partial charge >= 0.3 is 0 Å². The minimum atomic E-state index is -0.220. The zero-order valence-electron chi connectivity index (χ0n) is 20.3. The highest BCUT2D eigenvalue weighted by Gasteiger charge is 2.29. The molecule has 4 heterocycles. The fourth-order valence-corrected chi connectivity index (χ4v) is 4.87. The van der Waals surface area contributed by atoms with E-state index in [0.29, 0.717) is 55.4 Å². The van der Waals surface area contributed by atoms with Gasteiger partial charge in [-0.2, -0.15) is 9.78 Å². The molecule has 0 bridgehead atoms. The molecule has 1 atom stereocenters. The zero-order chi connectivity index (χ0) is 24.2. The van der Waals surface area contributed by atoms with Crippen molar-refractivity contribution in [1.29, 1.82) is 0 Å². The number of aromatic nitrogens is 3. The van der Waals surface area contributed by atoms with Crippen LogP contribution in [0.4, 0.5) is 0 Å². The third-order valence-corrected chi connectivity index (χ3v) is 6.81.